The van der Waals surface area contributed by atoms with E-state index in [2.05, 4.69) is 25.8 Å². The number of pyridine rings is 2. The number of halogens is 1. The number of rotatable bonds is 7. The highest BCUT2D eigenvalue weighted by atomic mass is 79.9. The topological polar surface area (TPSA) is 101 Å². The van der Waals surface area contributed by atoms with E-state index in [0.29, 0.717) is 60.1 Å². The Bertz CT molecular complexity index is 1540. The molecule has 0 bridgehead atoms. The number of amides is 1. The molecule has 3 heterocycles. The first kappa shape index (κ1) is 29.1. The Hall–Kier alpha value is -3.94. The minimum Gasteiger partial charge on any atom is -0.496 e. The third-order valence-electron chi connectivity index (χ3n) is 7.27. The van der Waals surface area contributed by atoms with E-state index in [4.69, 9.17) is 9.47 Å². The monoisotopic (exact) mass is 605 g/mol. The molecule has 1 fully saturated rings. The zero-order chi connectivity index (χ0) is 29.0. The maximum atomic E-state index is 13.1. The molecule has 0 spiro atoms. The molecule has 0 aliphatic carbocycles. The Morgan fingerprint density at radius 2 is 1.75 bits per heavy atom. The number of ether oxygens (including phenoxy) is 2. The lowest BCUT2D eigenvalue weighted by molar-refractivity contribution is -0.128. The molecule has 10 heteroatoms. The number of nitrogens with zero attached hydrogens (tertiary/aromatic N) is 5. The van der Waals surface area contributed by atoms with Crippen LogP contribution in [0.3, 0.4) is 0 Å². The first-order valence-corrected chi connectivity index (χ1v) is 13.6. The predicted octanol–water partition coefficient (Wildman–Crippen LogP) is 4.10. The zero-order valence-corrected chi connectivity index (χ0v) is 24.9. The number of aromatic nitrogens is 2. The van der Waals surface area contributed by atoms with Gasteiger partial charge in [-0.05, 0) is 71.2 Å². The number of carbonyl (C=O) groups excluding carboxylic acids is 1. The van der Waals surface area contributed by atoms with Crippen LogP contribution in [0, 0.1) is 25.2 Å². The summed E-state index contributed by atoms with van der Waals surface area (Å²) in [5, 5.41) is 9.63. The van der Waals surface area contributed by atoms with Crippen LogP contribution >= 0.6 is 15.9 Å². The Balaban J connectivity index is 1.51. The average Bonchev–Trinajstić information content (AvgIpc) is 2.96. The standard InChI is InChI=1S/C30H32BrN5O4/c1-19-20(2)29(37)34(3)17-24(19)21-14-26(39-4)25(27(15-21)40-5)18-35-9-11-36(12-10-35)30(38)22(16-32)13-23-7-6-8-28(31)33-23/h6-8,13-15,17H,9-12,18H2,1-5H3/b22-13+. The van der Waals surface area contributed by atoms with Crippen LogP contribution in [0.5, 0.6) is 11.5 Å². The fourth-order valence-corrected chi connectivity index (χ4v) is 5.22. The number of piperazine rings is 1. The van der Waals surface area contributed by atoms with Gasteiger partial charge in [-0.1, -0.05) is 6.07 Å². The Labute approximate surface area is 242 Å². The minimum absolute atomic E-state index is 0.0170. The number of carbonyl (C=O) groups is 1. The normalized spacial score (nSPS) is 14.1. The number of nitriles is 1. The largest absolute Gasteiger partial charge is 0.496 e. The molecule has 0 radical (unpaired) electrons. The third kappa shape index (κ3) is 6.11. The molecule has 1 aliphatic rings. The van der Waals surface area contributed by atoms with E-state index in [1.165, 1.54) is 6.08 Å². The van der Waals surface area contributed by atoms with Gasteiger partial charge in [0.2, 0.25) is 0 Å². The highest BCUT2D eigenvalue weighted by Crippen LogP contribution is 2.37. The van der Waals surface area contributed by atoms with Crippen LogP contribution in [0.4, 0.5) is 0 Å². The molecule has 1 aliphatic heterocycles. The molecule has 0 atom stereocenters. The minimum atomic E-state index is -0.300. The van der Waals surface area contributed by atoms with Crippen LogP contribution < -0.4 is 15.0 Å². The van der Waals surface area contributed by atoms with Crippen molar-refractivity contribution in [3.63, 3.8) is 0 Å². The van der Waals surface area contributed by atoms with Gasteiger partial charge in [0.25, 0.3) is 11.5 Å². The van der Waals surface area contributed by atoms with Crippen molar-refractivity contribution in [3.8, 4) is 28.7 Å². The molecule has 1 saturated heterocycles. The fourth-order valence-electron chi connectivity index (χ4n) is 4.86. The summed E-state index contributed by atoms with van der Waals surface area (Å²) in [5.74, 6) is 1.08. The smallest absolute Gasteiger partial charge is 0.264 e. The van der Waals surface area contributed by atoms with Crippen LogP contribution in [0.2, 0.25) is 0 Å². The van der Waals surface area contributed by atoms with E-state index in [1.807, 2.05) is 38.2 Å². The lowest BCUT2D eigenvalue weighted by Crippen LogP contribution is -2.48. The molecule has 0 saturated carbocycles. The van der Waals surface area contributed by atoms with Crippen LogP contribution in [-0.2, 0) is 18.4 Å². The van der Waals surface area contributed by atoms with Gasteiger partial charge in [0.1, 0.15) is 27.7 Å². The van der Waals surface area contributed by atoms with E-state index in [9.17, 15) is 14.9 Å². The maximum Gasteiger partial charge on any atom is 0.264 e. The van der Waals surface area contributed by atoms with Gasteiger partial charge < -0.3 is 18.9 Å². The molecule has 9 nitrogen and oxygen atoms in total. The van der Waals surface area contributed by atoms with E-state index < -0.39 is 0 Å². The molecule has 3 aromatic rings. The van der Waals surface area contributed by atoms with Gasteiger partial charge in [0, 0.05) is 57.1 Å². The van der Waals surface area contributed by atoms with Gasteiger partial charge >= 0.3 is 0 Å². The maximum absolute atomic E-state index is 13.1. The van der Waals surface area contributed by atoms with Crippen LogP contribution in [0.15, 0.2) is 51.5 Å². The third-order valence-corrected chi connectivity index (χ3v) is 7.71. The van der Waals surface area contributed by atoms with Gasteiger partial charge in [-0.3, -0.25) is 14.5 Å². The van der Waals surface area contributed by atoms with Gasteiger partial charge in [-0.25, -0.2) is 4.98 Å². The Morgan fingerprint density at radius 1 is 1.10 bits per heavy atom. The van der Waals surface area contributed by atoms with Crippen molar-refractivity contribution < 1.29 is 14.3 Å². The lowest BCUT2D eigenvalue weighted by atomic mass is 9.97. The quantitative estimate of drug-likeness (QED) is 0.227. The Morgan fingerprint density at radius 3 is 2.33 bits per heavy atom. The van der Waals surface area contributed by atoms with Crippen molar-refractivity contribution in [2.75, 3.05) is 40.4 Å². The molecule has 4 rings (SSSR count). The SMILES string of the molecule is COc1cc(-c2cn(C)c(=O)c(C)c2C)cc(OC)c1CN1CCN(C(=O)/C(C#N)=C/c2cccc(Br)n2)CC1. The first-order chi connectivity index (χ1) is 19.2. The predicted molar refractivity (Wildman–Crippen MR) is 157 cm³/mol. The molecule has 1 aromatic carbocycles. The molecular weight excluding hydrogens is 574 g/mol. The summed E-state index contributed by atoms with van der Waals surface area (Å²) >= 11 is 3.31. The van der Waals surface area contributed by atoms with E-state index in [1.54, 1.807) is 48.9 Å². The summed E-state index contributed by atoms with van der Waals surface area (Å²) < 4.78 is 13.8. The van der Waals surface area contributed by atoms with E-state index >= 15 is 0 Å². The van der Waals surface area contributed by atoms with Gasteiger partial charge in [0.05, 0.1) is 25.5 Å². The molecule has 0 N–H and O–H groups in total. The van der Waals surface area contributed by atoms with Gasteiger partial charge in [-0.15, -0.1) is 0 Å². The number of methoxy groups -OCH3 is 2. The van der Waals surface area contributed by atoms with Crippen LogP contribution in [0.25, 0.3) is 17.2 Å². The summed E-state index contributed by atoms with van der Waals surface area (Å²) in [4.78, 5) is 33.7. The molecule has 2 aromatic heterocycles. The Kier molecular flexibility index (Phi) is 9.07. The van der Waals surface area contributed by atoms with E-state index in [0.717, 1.165) is 22.3 Å². The molecule has 0 unspecified atom stereocenters. The summed E-state index contributed by atoms with van der Waals surface area (Å²) in [7, 11) is 5.01. The number of aryl methyl sites for hydroxylation is 1. The van der Waals surface area contributed by atoms with Crippen molar-refractivity contribution in [1.29, 1.82) is 5.26 Å². The number of hydrogen-bond acceptors (Lipinski definition) is 7. The second-order valence-electron chi connectivity index (χ2n) is 9.69. The second kappa shape index (κ2) is 12.5. The molecule has 1 amide bonds. The lowest BCUT2D eigenvalue weighted by Gasteiger charge is -2.35. The average molecular weight is 607 g/mol. The van der Waals surface area contributed by atoms with Crippen molar-refractivity contribution >= 4 is 27.9 Å². The second-order valence-corrected chi connectivity index (χ2v) is 10.5. The zero-order valence-electron chi connectivity index (χ0n) is 23.3. The van der Waals surface area contributed by atoms with Crippen molar-refractivity contribution in [1.82, 2.24) is 19.4 Å². The van der Waals surface area contributed by atoms with Crippen molar-refractivity contribution in [2.24, 2.45) is 7.05 Å². The first-order valence-electron chi connectivity index (χ1n) is 12.8. The molecule has 40 heavy (non-hydrogen) atoms. The molecule has 208 valence electrons. The summed E-state index contributed by atoms with van der Waals surface area (Å²) in [6, 6.07) is 11.3. The van der Waals surface area contributed by atoms with Gasteiger partial charge in [0.15, 0.2) is 0 Å². The number of hydrogen-bond donors (Lipinski definition) is 0. The number of benzene rings is 1. The molecular formula is C30H32BrN5O4. The summed E-state index contributed by atoms with van der Waals surface area (Å²) in [6.45, 7) is 6.59. The van der Waals surface area contributed by atoms with Crippen molar-refractivity contribution in [3.05, 3.63) is 79.4 Å². The van der Waals surface area contributed by atoms with E-state index in [-0.39, 0.29) is 17.0 Å². The summed E-state index contributed by atoms with van der Waals surface area (Å²) in [6.07, 6.45) is 3.36. The van der Waals surface area contributed by atoms with Gasteiger partial charge in [-0.2, -0.15) is 5.26 Å². The highest BCUT2D eigenvalue weighted by Gasteiger charge is 2.26. The fraction of sp³-hybridized carbons (Fsp3) is 0.333. The van der Waals surface area contributed by atoms with Crippen LogP contribution in [0.1, 0.15) is 22.4 Å². The summed E-state index contributed by atoms with van der Waals surface area (Å²) in [5.41, 5.74) is 4.96. The van der Waals surface area contributed by atoms with Crippen LogP contribution in [-0.4, -0.2) is 65.7 Å². The van der Waals surface area contributed by atoms with Crippen molar-refractivity contribution in [2.45, 2.75) is 20.4 Å². The highest BCUT2D eigenvalue weighted by molar-refractivity contribution is 9.10.